The Morgan fingerprint density at radius 3 is 3.00 bits per heavy atom. The van der Waals surface area contributed by atoms with E-state index in [4.69, 9.17) is 0 Å². The van der Waals surface area contributed by atoms with Crippen LogP contribution in [-0.2, 0) is 6.54 Å². The average molecular weight is 165 g/mol. The van der Waals surface area contributed by atoms with E-state index >= 15 is 0 Å². The maximum atomic E-state index is 12.7. The number of hydrogen-bond donors (Lipinski definition) is 0. The van der Waals surface area contributed by atoms with Crippen LogP contribution in [0.25, 0.3) is 0 Å². The van der Waals surface area contributed by atoms with Crippen LogP contribution in [0.15, 0.2) is 18.2 Å². The summed E-state index contributed by atoms with van der Waals surface area (Å²) in [7, 11) is 1.71. The Bertz CT molecular complexity index is 348. The summed E-state index contributed by atoms with van der Waals surface area (Å²) in [6.07, 6.45) is 0. The van der Waals surface area contributed by atoms with Gasteiger partial charge in [0, 0.05) is 19.2 Å². The minimum absolute atomic E-state index is 0.0931. The predicted octanol–water partition coefficient (Wildman–Crippen LogP) is 1.41. The van der Waals surface area contributed by atoms with Crippen LogP contribution >= 0.6 is 0 Å². The second-order valence-corrected chi connectivity index (χ2v) is 2.96. The van der Waals surface area contributed by atoms with Gasteiger partial charge in [0.25, 0.3) is 5.91 Å². The van der Waals surface area contributed by atoms with E-state index in [1.807, 2.05) is 0 Å². The largest absolute Gasteiger partial charge is 0.337 e. The van der Waals surface area contributed by atoms with Crippen molar-refractivity contribution in [1.29, 1.82) is 0 Å². The van der Waals surface area contributed by atoms with Crippen LogP contribution < -0.4 is 0 Å². The first-order valence-electron chi connectivity index (χ1n) is 3.72. The minimum atomic E-state index is -0.350. The first kappa shape index (κ1) is 7.28. The predicted molar refractivity (Wildman–Crippen MR) is 42.2 cm³/mol. The Morgan fingerprint density at radius 2 is 2.25 bits per heavy atom. The molecule has 1 aliphatic heterocycles. The molecule has 12 heavy (non-hydrogen) atoms. The standard InChI is InChI=1S/C9H8FNO/c1-11-5-6-2-3-7(10)4-8(6)9(11)12/h2-4H,5H2,1H3. The van der Waals surface area contributed by atoms with Gasteiger partial charge in [0.2, 0.25) is 0 Å². The molecule has 0 spiro atoms. The molecule has 0 atom stereocenters. The lowest BCUT2D eigenvalue weighted by Crippen LogP contribution is -2.17. The van der Waals surface area contributed by atoms with Crippen molar-refractivity contribution in [2.24, 2.45) is 0 Å². The lowest BCUT2D eigenvalue weighted by Gasteiger charge is -2.04. The van der Waals surface area contributed by atoms with E-state index in [1.54, 1.807) is 18.0 Å². The highest BCUT2D eigenvalue weighted by atomic mass is 19.1. The van der Waals surface area contributed by atoms with Crippen molar-refractivity contribution in [3.05, 3.63) is 35.1 Å². The number of rotatable bonds is 0. The van der Waals surface area contributed by atoms with Crippen molar-refractivity contribution in [3.8, 4) is 0 Å². The first-order chi connectivity index (χ1) is 5.68. The summed E-state index contributed by atoms with van der Waals surface area (Å²) in [4.78, 5) is 12.9. The fourth-order valence-electron chi connectivity index (χ4n) is 1.42. The van der Waals surface area contributed by atoms with Gasteiger partial charge in [-0.3, -0.25) is 4.79 Å². The van der Waals surface area contributed by atoms with Gasteiger partial charge in [-0.05, 0) is 17.7 Å². The second kappa shape index (κ2) is 2.30. The van der Waals surface area contributed by atoms with E-state index in [0.29, 0.717) is 12.1 Å². The van der Waals surface area contributed by atoms with E-state index in [0.717, 1.165) is 5.56 Å². The van der Waals surface area contributed by atoms with Crippen molar-refractivity contribution >= 4 is 5.91 Å². The van der Waals surface area contributed by atoms with E-state index in [9.17, 15) is 9.18 Å². The van der Waals surface area contributed by atoms with Crippen LogP contribution in [0.1, 0.15) is 15.9 Å². The molecule has 0 fully saturated rings. The Kier molecular flexibility index (Phi) is 1.40. The molecular formula is C9H8FNO. The highest BCUT2D eigenvalue weighted by molar-refractivity contribution is 5.98. The van der Waals surface area contributed by atoms with Gasteiger partial charge in [-0.15, -0.1) is 0 Å². The van der Waals surface area contributed by atoms with E-state index < -0.39 is 0 Å². The van der Waals surface area contributed by atoms with Crippen LogP contribution in [0.2, 0.25) is 0 Å². The highest BCUT2D eigenvalue weighted by Gasteiger charge is 2.24. The molecule has 3 heteroatoms. The monoisotopic (exact) mass is 165 g/mol. The average Bonchev–Trinajstić information content (AvgIpc) is 2.31. The third-order valence-electron chi connectivity index (χ3n) is 2.06. The number of halogens is 1. The van der Waals surface area contributed by atoms with Gasteiger partial charge in [-0.25, -0.2) is 4.39 Å². The molecule has 0 saturated heterocycles. The van der Waals surface area contributed by atoms with Crippen LogP contribution in [0.5, 0.6) is 0 Å². The van der Waals surface area contributed by atoms with Gasteiger partial charge >= 0.3 is 0 Å². The summed E-state index contributed by atoms with van der Waals surface area (Å²) < 4.78 is 12.7. The fourth-order valence-corrected chi connectivity index (χ4v) is 1.42. The Morgan fingerprint density at radius 1 is 1.50 bits per heavy atom. The molecule has 62 valence electrons. The molecule has 0 N–H and O–H groups in total. The molecule has 0 bridgehead atoms. The third-order valence-corrected chi connectivity index (χ3v) is 2.06. The first-order valence-corrected chi connectivity index (χ1v) is 3.72. The molecule has 0 radical (unpaired) electrons. The maximum Gasteiger partial charge on any atom is 0.254 e. The summed E-state index contributed by atoms with van der Waals surface area (Å²) in [5, 5.41) is 0. The maximum absolute atomic E-state index is 12.7. The molecule has 1 amide bonds. The van der Waals surface area contributed by atoms with E-state index in [-0.39, 0.29) is 11.7 Å². The number of fused-ring (bicyclic) bond motifs is 1. The quantitative estimate of drug-likeness (QED) is 0.569. The number of benzene rings is 1. The summed E-state index contributed by atoms with van der Waals surface area (Å²) >= 11 is 0. The number of nitrogens with zero attached hydrogens (tertiary/aromatic N) is 1. The van der Waals surface area contributed by atoms with Crippen molar-refractivity contribution in [2.45, 2.75) is 6.54 Å². The fraction of sp³-hybridized carbons (Fsp3) is 0.222. The molecule has 1 aromatic carbocycles. The number of carbonyl (C=O) groups is 1. The molecule has 0 saturated carbocycles. The van der Waals surface area contributed by atoms with Crippen molar-refractivity contribution in [2.75, 3.05) is 7.05 Å². The van der Waals surface area contributed by atoms with E-state index in [2.05, 4.69) is 0 Å². The highest BCUT2D eigenvalue weighted by Crippen LogP contribution is 2.21. The van der Waals surface area contributed by atoms with Crippen LogP contribution in [-0.4, -0.2) is 17.9 Å². The Balaban J connectivity index is 2.56. The lowest BCUT2D eigenvalue weighted by molar-refractivity contribution is 0.0816. The zero-order valence-electron chi connectivity index (χ0n) is 6.67. The van der Waals surface area contributed by atoms with Gasteiger partial charge in [0.05, 0.1) is 0 Å². The summed E-state index contributed by atoms with van der Waals surface area (Å²) in [6.45, 7) is 0.592. The molecule has 0 unspecified atom stereocenters. The lowest BCUT2D eigenvalue weighted by atomic mass is 10.1. The van der Waals surface area contributed by atoms with Crippen LogP contribution in [0, 0.1) is 5.82 Å². The summed E-state index contributed by atoms with van der Waals surface area (Å²) in [5.74, 6) is -0.443. The Hall–Kier alpha value is -1.38. The van der Waals surface area contributed by atoms with E-state index in [1.165, 1.54) is 12.1 Å². The number of carbonyl (C=O) groups excluding carboxylic acids is 1. The molecule has 1 aliphatic rings. The molecule has 2 nitrogen and oxygen atoms in total. The number of amides is 1. The summed E-state index contributed by atoms with van der Waals surface area (Å²) in [5.41, 5.74) is 1.40. The van der Waals surface area contributed by atoms with Crippen molar-refractivity contribution in [1.82, 2.24) is 4.90 Å². The minimum Gasteiger partial charge on any atom is -0.337 e. The molecular weight excluding hydrogens is 157 g/mol. The topological polar surface area (TPSA) is 20.3 Å². The Labute approximate surface area is 69.6 Å². The zero-order valence-corrected chi connectivity index (χ0v) is 6.67. The smallest absolute Gasteiger partial charge is 0.254 e. The number of hydrogen-bond acceptors (Lipinski definition) is 1. The third kappa shape index (κ3) is 0.897. The van der Waals surface area contributed by atoms with Gasteiger partial charge < -0.3 is 4.90 Å². The van der Waals surface area contributed by atoms with Crippen molar-refractivity contribution < 1.29 is 9.18 Å². The van der Waals surface area contributed by atoms with Gasteiger partial charge in [0.1, 0.15) is 5.82 Å². The second-order valence-electron chi connectivity index (χ2n) is 2.96. The molecule has 0 aromatic heterocycles. The molecule has 1 heterocycles. The molecule has 0 aliphatic carbocycles. The van der Waals surface area contributed by atoms with Crippen molar-refractivity contribution in [3.63, 3.8) is 0 Å². The van der Waals surface area contributed by atoms with Crippen LogP contribution in [0.4, 0.5) is 4.39 Å². The zero-order chi connectivity index (χ0) is 8.72. The molecule has 2 rings (SSSR count). The normalized spacial score (nSPS) is 15.2. The SMILES string of the molecule is CN1Cc2ccc(F)cc2C1=O. The summed E-state index contributed by atoms with van der Waals surface area (Å²) in [6, 6.07) is 4.33. The van der Waals surface area contributed by atoms with Gasteiger partial charge in [-0.1, -0.05) is 6.07 Å². The molecule has 1 aromatic rings. The van der Waals surface area contributed by atoms with Gasteiger partial charge in [0.15, 0.2) is 0 Å². The van der Waals surface area contributed by atoms with Crippen LogP contribution in [0.3, 0.4) is 0 Å². The van der Waals surface area contributed by atoms with Gasteiger partial charge in [-0.2, -0.15) is 0 Å².